The molecule has 0 unspecified atom stereocenters. The van der Waals surface area contributed by atoms with Crippen molar-refractivity contribution in [1.82, 2.24) is 0 Å². The molecule has 1 amide bonds. The van der Waals surface area contributed by atoms with Crippen LogP contribution in [0.4, 0.5) is 5.69 Å². The Morgan fingerprint density at radius 2 is 1.96 bits per heavy atom. The fraction of sp³-hybridized carbons (Fsp3) is 0.111. The lowest BCUT2D eigenvalue weighted by molar-refractivity contribution is -0.113. The van der Waals surface area contributed by atoms with Crippen molar-refractivity contribution in [3.8, 4) is 17.2 Å². The Kier molecular flexibility index (Phi) is 4.96. The van der Waals surface area contributed by atoms with Crippen LogP contribution in [0.1, 0.15) is 5.56 Å². The van der Waals surface area contributed by atoms with Crippen LogP contribution in [0.3, 0.4) is 0 Å². The van der Waals surface area contributed by atoms with Crippen molar-refractivity contribution in [3.63, 3.8) is 0 Å². The lowest BCUT2D eigenvalue weighted by atomic mass is 10.1. The van der Waals surface area contributed by atoms with Crippen LogP contribution in [0.25, 0.3) is 6.08 Å². The first kappa shape index (κ1) is 17.3. The molecular weight excluding hydrogens is 358 g/mol. The molecule has 1 N–H and O–H groups in total. The van der Waals surface area contributed by atoms with E-state index in [2.05, 4.69) is 0 Å². The van der Waals surface area contributed by atoms with Crippen LogP contribution in [0, 0.1) is 0 Å². The number of carbonyl (C=O) groups is 1. The molecule has 0 atom stereocenters. The Balaban J connectivity index is 1.96. The van der Waals surface area contributed by atoms with E-state index in [0.717, 1.165) is 5.56 Å². The molecular formula is C18H15NO4S2. The van der Waals surface area contributed by atoms with Crippen LogP contribution in [0.5, 0.6) is 17.2 Å². The summed E-state index contributed by atoms with van der Waals surface area (Å²) < 4.78 is 11.0. The molecule has 3 rings (SSSR count). The van der Waals surface area contributed by atoms with Crippen LogP contribution in [-0.2, 0) is 4.79 Å². The molecule has 128 valence electrons. The third kappa shape index (κ3) is 3.47. The third-order valence-corrected chi connectivity index (χ3v) is 4.91. The molecule has 1 fully saturated rings. The molecule has 0 aliphatic carbocycles. The van der Waals surface area contributed by atoms with Gasteiger partial charge >= 0.3 is 0 Å². The summed E-state index contributed by atoms with van der Waals surface area (Å²) in [6.07, 6.45) is 1.74. The summed E-state index contributed by atoms with van der Waals surface area (Å²) in [5.74, 6) is 1.11. The number of rotatable bonds is 4. The van der Waals surface area contributed by atoms with Gasteiger partial charge in [0, 0.05) is 17.7 Å². The van der Waals surface area contributed by atoms with Gasteiger partial charge in [-0.1, -0.05) is 30.0 Å². The van der Waals surface area contributed by atoms with Crippen molar-refractivity contribution in [2.45, 2.75) is 0 Å². The molecule has 5 nitrogen and oxygen atoms in total. The standard InChI is InChI=1S/C18H15NO4S2/c1-22-14-7-6-11(15(10-14)23-2)8-16-17(21)19(18(24)25-16)12-4-3-5-13(20)9-12/h3-10,20H,1-2H3/b16-8-. The lowest BCUT2D eigenvalue weighted by Crippen LogP contribution is -2.27. The molecule has 2 aromatic carbocycles. The van der Waals surface area contributed by atoms with Gasteiger partial charge in [-0.05, 0) is 30.3 Å². The van der Waals surface area contributed by atoms with Crippen molar-refractivity contribution in [2.24, 2.45) is 0 Å². The molecule has 0 spiro atoms. The maximum absolute atomic E-state index is 12.8. The van der Waals surface area contributed by atoms with Crippen LogP contribution in [0.15, 0.2) is 47.4 Å². The van der Waals surface area contributed by atoms with Gasteiger partial charge in [0.1, 0.15) is 17.2 Å². The van der Waals surface area contributed by atoms with E-state index < -0.39 is 0 Å². The number of ether oxygens (including phenoxy) is 2. The molecule has 0 aromatic heterocycles. The number of phenols is 1. The summed E-state index contributed by atoms with van der Waals surface area (Å²) in [6.45, 7) is 0. The number of aromatic hydroxyl groups is 1. The van der Waals surface area contributed by atoms with Gasteiger partial charge in [-0.25, -0.2) is 0 Å². The number of methoxy groups -OCH3 is 2. The summed E-state index contributed by atoms with van der Waals surface area (Å²) in [5, 5.41) is 9.63. The molecule has 1 saturated heterocycles. The second-order valence-electron chi connectivity index (χ2n) is 5.14. The minimum Gasteiger partial charge on any atom is -0.508 e. The van der Waals surface area contributed by atoms with E-state index in [9.17, 15) is 9.90 Å². The lowest BCUT2D eigenvalue weighted by Gasteiger charge is -2.14. The zero-order valence-electron chi connectivity index (χ0n) is 13.6. The Hall–Kier alpha value is -2.51. The monoisotopic (exact) mass is 373 g/mol. The van der Waals surface area contributed by atoms with Crippen molar-refractivity contribution < 1.29 is 19.4 Å². The Morgan fingerprint density at radius 1 is 1.16 bits per heavy atom. The van der Waals surface area contributed by atoms with Crippen LogP contribution in [0.2, 0.25) is 0 Å². The van der Waals surface area contributed by atoms with Gasteiger partial charge in [-0.15, -0.1) is 0 Å². The van der Waals surface area contributed by atoms with E-state index >= 15 is 0 Å². The van der Waals surface area contributed by atoms with Crippen molar-refractivity contribution in [3.05, 3.63) is 52.9 Å². The first-order chi connectivity index (χ1) is 12.0. The fourth-order valence-corrected chi connectivity index (χ4v) is 3.69. The molecule has 7 heteroatoms. The number of thioether (sulfide) groups is 1. The maximum atomic E-state index is 12.8. The Morgan fingerprint density at radius 3 is 2.64 bits per heavy atom. The minimum atomic E-state index is -0.238. The minimum absolute atomic E-state index is 0.0763. The number of nitrogens with zero attached hydrogens (tertiary/aromatic N) is 1. The van der Waals surface area contributed by atoms with E-state index in [-0.39, 0.29) is 11.7 Å². The van der Waals surface area contributed by atoms with Gasteiger partial charge in [0.25, 0.3) is 5.91 Å². The second-order valence-corrected chi connectivity index (χ2v) is 6.82. The number of phenolic OH excluding ortho intramolecular Hbond substituents is 1. The number of hydrogen-bond donors (Lipinski definition) is 1. The quantitative estimate of drug-likeness (QED) is 0.650. The number of hydrogen-bond acceptors (Lipinski definition) is 6. The van der Waals surface area contributed by atoms with Gasteiger partial charge in [-0.2, -0.15) is 0 Å². The van der Waals surface area contributed by atoms with Gasteiger partial charge in [0.2, 0.25) is 0 Å². The number of anilines is 1. The second kappa shape index (κ2) is 7.16. The highest BCUT2D eigenvalue weighted by Crippen LogP contribution is 2.38. The molecule has 1 aliphatic heterocycles. The number of amides is 1. The van der Waals surface area contributed by atoms with Gasteiger partial charge < -0.3 is 14.6 Å². The number of benzene rings is 2. The normalized spacial score (nSPS) is 15.8. The molecule has 2 aromatic rings. The zero-order chi connectivity index (χ0) is 18.0. The summed E-state index contributed by atoms with van der Waals surface area (Å²) >= 11 is 6.54. The van der Waals surface area contributed by atoms with Gasteiger partial charge in [-0.3, -0.25) is 9.69 Å². The van der Waals surface area contributed by atoms with Crippen molar-refractivity contribution >= 4 is 46.0 Å². The number of thiocarbonyl (C=S) groups is 1. The highest BCUT2D eigenvalue weighted by Gasteiger charge is 2.33. The summed E-state index contributed by atoms with van der Waals surface area (Å²) in [6, 6.07) is 11.8. The molecule has 0 bridgehead atoms. The van der Waals surface area contributed by atoms with E-state index in [4.69, 9.17) is 21.7 Å². The predicted molar refractivity (Wildman–Crippen MR) is 103 cm³/mol. The summed E-state index contributed by atoms with van der Waals surface area (Å²) in [5.41, 5.74) is 1.28. The molecule has 25 heavy (non-hydrogen) atoms. The van der Waals surface area contributed by atoms with Crippen molar-refractivity contribution in [2.75, 3.05) is 19.1 Å². The number of carbonyl (C=O) groups excluding carboxylic acids is 1. The van der Waals surface area contributed by atoms with E-state index in [1.165, 1.54) is 22.7 Å². The topological polar surface area (TPSA) is 59.0 Å². The van der Waals surface area contributed by atoms with Crippen LogP contribution < -0.4 is 14.4 Å². The average Bonchev–Trinajstić information content (AvgIpc) is 2.88. The molecule has 1 aliphatic rings. The SMILES string of the molecule is COc1ccc(/C=C2\SC(=S)N(c3cccc(O)c3)C2=O)c(OC)c1. The van der Waals surface area contributed by atoms with Crippen LogP contribution >= 0.6 is 24.0 Å². The highest BCUT2D eigenvalue weighted by atomic mass is 32.2. The van der Waals surface area contributed by atoms with E-state index in [1.807, 2.05) is 6.07 Å². The van der Waals surface area contributed by atoms with Crippen LogP contribution in [-0.4, -0.2) is 29.6 Å². The third-order valence-electron chi connectivity index (χ3n) is 3.61. The van der Waals surface area contributed by atoms with Gasteiger partial charge in [0.05, 0.1) is 24.8 Å². The zero-order valence-corrected chi connectivity index (χ0v) is 15.2. The molecule has 0 saturated carbocycles. The van der Waals surface area contributed by atoms with Crippen molar-refractivity contribution in [1.29, 1.82) is 0 Å². The molecule has 1 heterocycles. The first-order valence-electron chi connectivity index (χ1n) is 7.32. The van der Waals surface area contributed by atoms with E-state index in [1.54, 1.807) is 50.6 Å². The summed E-state index contributed by atoms with van der Waals surface area (Å²) in [4.78, 5) is 14.6. The first-order valence-corrected chi connectivity index (χ1v) is 8.55. The van der Waals surface area contributed by atoms with Gasteiger partial charge in [0.15, 0.2) is 4.32 Å². The maximum Gasteiger partial charge on any atom is 0.270 e. The van der Waals surface area contributed by atoms with E-state index in [0.29, 0.717) is 26.4 Å². The fourth-order valence-electron chi connectivity index (χ4n) is 2.40. The Labute approximate surface area is 154 Å². The largest absolute Gasteiger partial charge is 0.508 e. The average molecular weight is 373 g/mol. The highest BCUT2D eigenvalue weighted by molar-refractivity contribution is 8.27. The molecule has 0 radical (unpaired) electrons. The smallest absolute Gasteiger partial charge is 0.270 e. The Bertz CT molecular complexity index is 879. The predicted octanol–water partition coefficient (Wildman–Crippen LogP) is 3.82. The summed E-state index contributed by atoms with van der Waals surface area (Å²) in [7, 11) is 3.14.